The smallest absolute Gasteiger partial charge is 0.306 e. The van der Waals surface area contributed by atoms with Crippen LogP contribution in [-0.4, -0.2) is 36.4 Å². The second kappa shape index (κ2) is 54.4. The highest BCUT2D eigenvalue weighted by atomic mass is 16.6. The SMILES string of the molecule is CC/C=C\C/C=C\C/C=C\C/C=C\C/C=C\CCCCCCCCCCCCCCCCCCCC(=O)OC(CO)COC(=O)CCCCCCCCC/C=C\C/C=C\CCCCC. The van der Waals surface area contributed by atoms with Crippen LogP contribution < -0.4 is 0 Å². The molecule has 0 aliphatic carbocycles. The lowest BCUT2D eigenvalue weighted by Gasteiger charge is -2.15. The molecule has 0 aromatic rings. The number of rotatable bonds is 49. The minimum Gasteiger partial charge on any atom is -0.462 e. The maximum absolute atomic E-state index is 12.3. The van der Waals surface area contributed by atoms with Crippen molar-refractivity contribution in [1.82, 2.24) is 0 Å². The van der Waals surface area contributed by atoms with Gasteiger partial charge in [-0.2, -0.15) is 0 Å². The molecular weight excluding hydrogens is 789 g/mol. The van der Waals surface area contributed by atoms with Crippen molar-refractivity contribution in [2.45, 2.75) is 264 Å². The fraction of sp³-hybridized carbons (Fsp3) is 0.729. The lowest BCUT2D eigenvalue weighted by atomic mass is 10.0. The Bertz CT molecular complexity index is 1190. The summed E-state index contributed by atoms with van der Waals surface area (Å²) < 4.78 is 10.7. The molecule has 0 heterocycles. The van der Waals surface area contributed by atoms with E-state index in [0.29, 0.717) is 12.8 Å². The molecule has 0 rings (SSSR count). The molecule has 64 heavy (non-hydrogen) atoms. The zero-order valence-electron chi connectivity index (χ0n) is 42.0. The Morgan fingerprint density at radius 3 is 1.02 bits per heavy atom. The number of aliphatic hydroxyl groups is 1. The second-order valence-corrected chi connectivity index (χ2v) is 17.9. The van der Waals surface area contributed by atoms with Crippen molar-refractivity contribution in [1.29, 1.82) is 0 Å². The van der Waals surface area contributed by atoms with E-state index < -0.39 is 6.10 Å². The second-order valence-electron chi connectivity index (χ2n) is 17.9. The van der Waals surface area contributed by atoms with Crippen LogP contribution in [0.2, 0.25) is 0 Å². The maximum Gasteiger partial charge on any atom is 0.306 e. The molecule has 0 fully saturated rings. The van der Waals surface area contributed by atoms with Crippen LogP contribution in [0.5, 0.6) is 0 Å². The lowest BCUT2D eigenvalue weighted by Crippen LogP contribution is -2.28. The largest absolute Gasteiger partial charge is 0.462 e. The third kappa shape index (κ3) is 51.7. The molecule has 368 valence electrons. The minimum atomic E-state index is -0.778. The Morgan fingerprint density at radius 2 is 0.672 bits per heavy atom. The summed E-state index contributed by atoms with van der Waals surface area (Å²) in [4.78, 5) is 24.5. The van der Waals surface area contributed by atoms with Gasteiger partial charge in [0.25, 0.3) is 0 Å². The van der Waals surface area contributed by atoms with E-state index in [1.54, 1.807) is 0 Å². The van der Waals surface area contributed by atoms with E-state index in [1.165, 1.54) is 148 Å². The van der Waals surface area contributed by atoms with Gasteiger partial charge in [0, 0.05) is 12.8 Å². The molecule has 0 saturated heterocycles. The zero-order valence-corrected chi connectivity index (χ0v) is 42.0. The number of ether oxygens (including phenoxy) is 2. The summed E-state index contributed by atoms with van der Waals surface area (Å²) in [6, 6.07) is 0. The first-order valence-corrected chi connectivity index (χ1v) is 27.1. The number of hydrogen-bond donors (Lipinski definition) is 1. The Hall–Kier alpha value is -2.92. The molecule has 5 heteroatoms. The van der Waals surface area contributed by atoms with E-state index in [2.05, 4.69) is 98.9 Å². The van der Waals surface area contributed by atoms with Crippen LogP contribution in [0.25, 0.3) is 0 Å². The van der Waals surface area contributed by atoms with Crippen molar-refractivity contribution < 1.29 is 24.2 Å². The van der Waals surface area contributed by atoms with Crippen molar-refractivity contribution in [2.24, 2.45) is 0 Å². The summed E-state index contributed by atoms with van der Waals surface area (Å²) in [5.74, 6) is -0.595. The highest BCUT2D eigenvalue weighted by molar-refractivity contribution is 5.70. The molecule has 0 saturated carbocycles. The van der Waals surface area contributed by atoms with Crippen LogP contribution in [0.3, 0.4) is 0 Å². The van der Waals surface area contributed by atoms with Crippen molar-refractivity contribution in [2.75, 3.05) is 13.2 Å². The molecule has 0 aromatic carbocycles. The predicted octanol–water partition coefficient (Wildman–Crippen LogP) is 18.2. The zero-order chi connectivity index (χ0) is 46.3. The van der Waals surface area contributed by atoms with Crippen LogP contribution in [0.4, 0.5) is 0 Å². The molecule has 1 N–H and O–H groups in total. The maximum atomic E-state index is 12.3. The summed E-state index contributed by atoms with van der Waals surface area (Å²) in [6.07, 6.45) is 75.5. The van der Waals surface area contributed by atoms with Crippen LogP contribution in [0, 0.1) is 0 Å². The number of unbranched alkanes of at least 4 members (excludes halogenated alkanes) is 27. The summed E-state index contributed by atoms with van der Waals surface area (Å²) in [7, 11) is 0. The first-order chi connectivity index (χ1) is 31.6. The van der Waals surface area contributed by atoms with Gasteiger partial charge in [0.1, 0.15) is 6.61 Å². The number of allylic oxidation sites excluding steroid dienone is 14. The Balaban J connectivity index is 3.48. The monoisotopic (exact) mass is 891 g/mol. The highest BCUT2D eigenvalue weighted by Crippen LogP contribution is 2.16. The number of aliphatic hydroxyl groups excluding tert-OH is 1. The molecule has 0 aliphatic rings. The van der Waals surface area contributed by atoms with Gasteiger partial charge in [0.2, 0.25) is 0 Å². The molecule has 0 spiro atoms. The van der Waals surface area contributed by atoms with E-state index in [4.69, 9.17) is 9.47 Å². The third-order valence-electron chi connectivity index (χ3n) is 11.7. The van der Waals surface area contributed by atoms with Gasteiger partial charge in [-0.05, 0) is 89.9 Å². The van der Waals surface area contributed by atoms with Crippen LogP contribution in [0.1, 0.15) is 258 Å². The molecular formula is C59H102O5. The van der Waals surface area contributed by atoms with E-state index in [1.807, 2.05) is 0 Å². The molecule has 0 aliphatic heterocycles. The standard InChI is InChI=1S/C59H102O5/c1-3-5-7-9-11-13-15-17-19-21-22-23-24-25-26-27-28-29-30-31-32-33-34-35-36-38-40-42-44-46-48-50-52-54-59(62)64-57(55-60)56-63-58(61)53-51-49-47-45-43-41-39-37-20-18-16-14-12-10-8-6-4-2/h5,7,11-14,17-20,22-23,25-26,57,60H,3-4,6,8-10,15-16,21,24,27-56H2,1-2H3/b7-5-,13-11-,14-12-,19-17-,20-18-,23-22-,26-25-. The third-order valence-corrected chi connectivity index (χ3v) is 11.7. The number of esters is 2. The van der Waals surface area contributed by atoms with Crippen molar-refractivity contribution >= 4 is 11.9 Å². The Morgan fingerprint density at radius 1 is 0.375 bits per heavy atom. The fourth-order valence-corrected chi connectivity index (χ4v) is 7.61. The van der Waals surface area contributed by atoms with E-state index >= 15 is 0 Å². The quantitative estimate of drug-likeness (QED) is 0.0374. The van der Waals surface area contributed by atoms with Crippen LogP contribution >= 0.6 is 0 Å². The highest BCUT2D eigenvalue weighted by Gasteiger charge is 2.16. The van der Waals surface area contributed by atoms with Crippen LogP contribution in [0.15, 0.2) is 85.1 Å². The molecule has 1 atom stereocenters. The fourth-order valence-electron chi connectivity index (χ4n) is 7.61. The summed E-state index contributed by atoms with van der Waals surface area (Å²) in [5, 5.41) is 9.63. The first kappa shape index (κ1) is 61.1. The van der Waals surface area contributed by atoms with Gasteiger partial charge in [0.15, 0.2) is 6.10 Å². The van der Waals surface area contributed by atoms with E-state index in [-0.39, 0.29) is 25.2 Å². The molecule has 5 nitrogen and oxygen atoms in total. The van der Waals surface area contributed by atoms with Crippen molar-refractivity contribution in [3.63, 3.8) is 0 Å². The molecule has 0 aromatic heterocycles. The summed E-state index contributed by atoms with van der Waals surface area (Å²) in [5.41, 5.74) is 0. The minimum absolute atomic E-state index is 0.0708. The topological polar surface area (TPSA) is 72.8 Å². The van der Waals surface area contributed by atoms with Gasteiger partial charge < -0.3 is 14.6 Å². The number of hydrogen-bond acceptors (Lipinski definition) is 5. The molecule has 0 amide bonds. The van der Waals surface area contributed by atoms with E-state index in [0.717, 1.165) is 83.5 Å². The predicted molar refractivity (Wildman–Crippen MR) is 279 cm³/mol. The normalized spacial score (nSPS) is 12.9. The first-order valence-electron chi connectivity index (χ1n) is 27.1. The van der Waals surface area contributed by atoms with E-state index in [9.17, 15) is 14.7 Å². The molecule has 0 radical (unpaired) electrons. The van der Waals surface area contributed by atoms with Gasteiger partial charge >= 0.3 is 11.9 Å². The van der Waals surface area contributed by atoms with Crippen LogP contribution in [-0.2, 0) is 19.1 Å². The molecule has 1 unspecified atom stereocenters. The van der Waals surface area contributed by atoms with Crippen molar-refractivity contribution in [3.8, 4) is 0 Å². The molecule has 0 bridgehead atoms. The van der Waals surface area contributed by atoms with Gasteiger partial charge in [-0.25, -0.2) is 0 Å². The van der Waals surface area contributed by atoms with Gasteiger partial charge in [-0.15, -0.1) is 0 Å². The number of carbonyl (C=O) groups excluding carboxylic acids is 2. The Labute approximate surface area is 396 Å². The number of carbonyl (C=O) groups is 2. The average molecular weight is 891 g/mol. The average Bonchev–Trinajstić information content (AvgIpc) is 3.30. The van der Waals surface area contributed by atoms with Gasteiger partial charge in [0.05, 0.1) is 6.61 Å². The van der Waals surface area contributed by atoms with Crippen molar-refractivity contribution in [3.05, 3.63) is 85.1 Å². The Kier molecular flexibility index (Phi) is 51.9. The van der Waals surface area contributed by atoms with Gasteiger partial charge in [-0.3, -0.25) is 9.59 Å². The summed E-state index contributed by atoms with van der Waals surface area (Å²) in [6.45, 7) is 4.01. The lowest BCUT2D eigenvalue weighted by molar-refractivity contribution is -0.161. The summed E-state index contributed by atoms with van der Waals surface area (Å²) >= 11 is 0. The van der Waals surface area contributed by atoms with Gasteiger partial charge in [-0.1, -0.05) is 240 Å².